The number of nitrogens with two attached hydrogens (primary N) is 1. The van der Waals surface area contributed by atoms with Crippen molar-refractivity contribution in [1.29, 1.82) is 0 Å². The van der Waals surface area contributed by atoms with Gasteiger partial charge in [0.25, 0.3) is 0 Å². The van der Waals surface area contributed by atoms with Crippen LogP contribution in [0.25, 0.3) is 0 Å². The molecule has 1 aliphatic heterocycles. The summed E-state index contributed by atoms with van der Waals surface area (Å²) in [7, 11) is 0. The molecule has 1 aromatic carbocycles. The molecule has 4 heteroatoms. The minimum Gasteiger partial charge on any atom is -0.320 e. The molecule has 2 rings (SSSR count). The highest BCUT2D eigenvalue weighted by atomic mass is 79.9. The van der Waals surface area contributed by atoms with Gasteiger partial charge in [0.2, 0.25) is 5.91 Å². The normalized spacial score (nSPS) is 18.3. The standard InChI is InChI=1S/C15H21BrN2O/c1-4-15(5-2)9-18(14(19)10(3)17)13-7-6-11(16)8-12(13)15/h6-8,10H,4-5,9,17H2,1-3H3/t10-/m1/s1. The molecule has 3 nitrogen and oxygen atoms in total. The SMILES string of the molecule is CCC1(CC)CN(C(=O)[C@@H](C)N)c2ccc(Br)cc21. The number of carbonyl (C=O) groups excluding carboxylic acids is 1. The molecule has 0 aromatic heterocycles. The Labute approximate surface area is 123 Å². The molecule has 0 unspecified atom stereocenters. The van der Waals surface area contributed by atoms with E-state index >= 15 is 0 Å². The molecule has 1 aromatic rings. The van der Waals surface area contributed by atoms with Gasteiger partial charge in [-0.1, -0.05) is 29.8 Å². The summed E-state index contributed by atoms with van der Waals surface area (Å²) in [5, 5.41) is 0. The van der Waals surface area contributed by atoms with Crippen LogP contribution in [0.15, 0.2) is 22.7 Å². The molecule has 0 bridgehead atoms. The molecule has 1 atom stereocenters. The van der Waals surface area contributed by atoms with Crippen molar-refractivity contribution in [3.8, 4) is 0 Å². The molecule has 1 aliphatic rings. The highest BCUT2D eigenvalue weighted by Crippen LogP contribution is 2.46. The van der Waals surface area contributed by atoms with Crippen LogP contribution in [0.4, 0.5) is 5.69 Å². The van der Waals surface area contributed by atoms with E-state index in [1.165, 1.54) is 5.56 Å². The Hall–Kier alpha value is -0.870. The number of benzene rings is 1. The van der Waals surface area contributed by atoms with Crippen molar-refractivity contribution in [2.45, 2.75) is 45.1 Å². The molecule has 104 valence electrons. The number of nitrogens with zero attached hydrogens (tertiary/aromatic N) is 1. The Morgan fingerprint density at radius 2 is 2.11 bits per heavy atom. The number of amides is 1. The Balaban J connectivity index is 2.53. The summed E-state index contributed by atoms with van der Waals surface area (Å²) in [4.78, 5) is 14.2. The van der Waals surface area contributed by atoms with Crippen molar-refractivity contribution in [3.63, 3.8) is 0 Å². The first kappa shape index (κ1) is 14.5. The Morgan fingerprint density at radius 1 is 1.47 bits per heavy atom. The van der Waals surface area contributed by atoms with Crippen LogP contribution in [0, 0.1) is 0 Å². The summed E-state index contributed by atoms with van der Waals surface area (Å²) in [5.41, 5.74) is 8.12. The third-order valence-electron chi connectivity index (χ3n) is 4.29. The average molecular weight is 325 g/mol. The Morgan fingerprint density at radius 3 is 2.63 bits per heavy atom. The van der Waals surface area contributed by atoms with Crippen molar-refractivity contribution < 1.29 is 4.79 Å². The Kier molecular flexibility index (Phi) is 4.02. The first-order valence-electron chi connectivity index (χ1n) is 6.82. The fourth-order valence-electron chi connectivity index (χ4n) is 2.94. The molecule has 1 heterocycles. The molecule has 19 heavy (non-hydrogen) atoms. The van der Waals surface area contributed by atoms with Gasteiger partial charge in [0, 0.05) is 22.1 Å². The van der Waals surface area contributed by atoms with Crippen LogP contribution >= 0.6 is 15.9 Å². The van der Waals surface area contributed by atoms with Crippen molar-refractivity contribution in [3.05, 3.63) is 28.2 Å². The zero-order chi connectivity index (χ0) is 14.2. The number of rotatable bonds is 3. The minimum atomic E-state index is -0.457. The molecular weight excluding hydrogens is 304 g/mol. The van der Waals surface area contributed by atoms with Crippen molar-refractivity contribution in [1.82, 2.24) is 0 Å². The van der Waals surface area contributed by atoms with Crippen molar-refractivity contribution >= 4 is 27.5 Å². The van der Waals surface area contributed by atoms with E-state index in [0.29, 0.717) is 0 Å². The summed E-state index contributed by atoms with van der Waals surface area (Å²) in [5.74, 6) is 0.00680. The second-order valence-electron chi connectivity index (χ2n) is 5.36. The van der Waals surface area contributed by atoms with Gasteiger partial charge in [-0.2, -0.15) is 0 Å². The summed E-state index contributed by atoms with van der Waals surface area (Å²) < 4.78 is 1.06. The van der Waals surface area contributed by atoms with Gasteiger partial charge < -0.3 is 10.6 Å². The molecule has 0 radical (unpaired) electrons. The minimum absolute atomic E-state index is 0.00680. The van der Waals surface area contributed by atoms with Crippen molar-refractivity contribution in [2.24, 2.45) is 5.73 Å². The molecule has 0 fully saturated rings. The molecular formula is C15H21BrN2O. The van der Waals surface area contributed by atoms with Crippen LogP contribution in [0.2, 0.25) is 0 Å². The highest BCUT2D eigenvalue weighted by molar-refractivity contribution is 9.10. The first-order chi connectivity index (χ1) is 8.95. The lowest BCUT2D eigenvalue weighted by molar-refractivity contribution is -0.119. The fraction of sp³-hybridized carbons (Fsp3) is 0.533. The lowest BCUT2D eigenvalue weighted by Crippen LogP contribution is -2.44. The summed E-state index contributed by atoms with van der Waals surface area (Å²) in [6, 6.07) is 5.70. The molecule has 2 N–H and O–H groups in total. The van der Waals surface area contributed by atoms with Crippen LogP contribution in [-0.2, 0) is 10.2 Å². The van der Waals surface area contributed by atoms with Gasteiger partial charge in [0.05, 0.1) is 6.04 Å². The lowest BCUT2D eigenvalue weighted by atomic mass is 9.78. The maximum absolute atomic E-state index is 12.3. The molecule has 0 saturated heterocycles. The largest absolute Gasteiger partial charge is 0.320 e. The maximum Gasteiger partial charge on any atom is 0.243 e. The number of carbonyl (C=O) groups is 1. The third-order valence-corrected chi connectivity index (χ3v) is 4.78. The predicted octanol–water partition coefficient (Wildman–Crippen LogP) is 3.20. The number of fused-ring (bicyclic) bond motifs is 1. The van der Waals surface area contributed by atoms with Gasteiger partial charge in [0.1, 0.15) is 0 Å². The van der Waals surface area contributed by atoms with Gasteiger partial charge >= 0.3 is 0 Å². The van der Waals surface area contributed by atoms with E-state index in [0.717, 1.165) is 29.5 Å². The number of anilines is 1. The molecule has 0 spiro atoms. The fourth-order valence-corrected chi connectivity index (χ4v) is 3.30. The van der Waals surface area contributed by atoms with Crippen molar-refractivity contribution in [2.75, 3.05) is 11.4 Å². The monoisotopic (exact) mass is 324 g/mol. The van der Waals surface area contributed by atoms with E-state index in [1.807, 2.05) is 17.0 Å². The smallest absolute Gasteiger partial charge is 0.243 e. The summed E-state index contributed by atoms with van der Waals surface area (Å²) in [6.45, 7) is 6.87. The van der Waals surface area contributed by atoms with E-state index in [4.69, 9.17) is 5.73 Å². The van der Waals surface area contributed by atoms with Gasteiger partial charge in [-0.15, -0.1) is 0 Å². The van der Waals surface area contributed by atoms with Crippen LogP contribution in [0.3, 0.4) is 0 Å². The predicted molar refractivity (Wildman–Crippen MR) is 82.4 cm³/mol. The van der Waals surface area contributed by atoms with Gasteiger partial charge in [-0.3, -0.25) is 4.79 Å². The van der Waals surface area contributed by atoms with Gasteiger partial charge in [-0.05, 0) is 43.5 Å². The van der Waals surface area contributed by atoms with Gasteiger partial charge in [0.15, 0.2) is 0 Å². The highest BCUT2D eigenvalue weighted by Gasteiger charge is 2.42. The van der Waals surface area contributed by atoms with Gasteiger partial charge in [-0.25, -0.2) is 0 Å². The van der Waals surface area contributed by atoms with E-state index in [9.17, 15) is 4.79 Å². The lowest BCUT2D eigenvalue weighted by Gasteiger charge is -2.28. The molecule has 0 saturated carbocycles. The van der Waals surface area contributed by atoms with E-state index in [2.05, 4.69) is 35.8 Å². The van der Waals surface area contributed by atoms with Crippen LogP contribution < -0.4 is 10.6 Å². The van der Waals surface area contributed by atoms with E-state index in [1.54, 1.807) is 6.92 Å². The molecule has 1 amide bonds. The molecule has 0 aliphatic carbocycles. The van der Waals surface area contributed by atoms with Crippen LogP contribution in [0.1, 0.15) is 39.2 Å². The maximum atomic E-state index is 12.3. The van der Waals surface area contributed by atoms with Crippen LogP contribution in [0.5, 0.6) is 0 Å². The Bertz CT molecular complexity index is 495. The second kappa shape index (κ2) is 5.25. The van der Waals surface area contributed by atoms with E-state index in [-0.39, 0.29) is 11.3 Å². The van der Waals surface area contributed by atoms with E-state index < -0.39 is 6.04 Å². The number of hydrogen-bond acceptors (Lipinski definition) is 2. The summed E-state index contributed by atoms with van der Waals surface area (Å²) in [6.07, 6.45) is 2.05. The zero-order valence-corrected chi connectivity index (χ0v) is 13.3. The first-order valence-corrected chi connectivity index (χ1v) is 7.61. The average Bonchev–Trinajstić information content (AvgIpc) is 2.72. The summed E-state index contributed by atoms with van der Waals surface area (Å²) >= 11 is 3.53. The van der Waals surface area contributed by atoms with Crippen LogP contribution in [-0.4, -0.2) is 18.5 Å². The second-order valence-corrected chi connectivity index (χ2v) is 6.28. The quantitative estimate of drug-likeness (QED) is 0.928. The third kappa shape index (κ3) is 2.32. The number of hydrogen-bond donors (Lipinski definition) is 1. The zero-order valence-electron chi connectivity index (χ0n) is 11.7. The number of halogens is 1. The topological polar surface area (TPSA) is 46.3 Å².